The third-order valence-electron chi connectivity index (χ3n) is 11.6. The van der Waals surface area contributed by atoms with Crippen molar-refractivity contribution in [2.24, 2.45) is 0 Å². The van der Waals surface area contributed by atoms with Crippen LogP contribution in [0.1, 0.15) is 75.1 Å². The topological polar surface area (TPSA) is 46.4 Å². The van der Waals surface area contributed by atoms with Crippen molar-refractivity contribution in [1.82, 2.24) is 15.2 Å². The summed E-state index contributed by atoms with van der Waals surface area (Å²) in [6.45, 7) is 13.8. The Labute approximate surface area is 390 Å². The second-order valence-corrected chi connectivity index (χ2v) is 19.7. The van der Waals surface area contributed by atoms with E-state index in [9.17, 15) is 0 Å². The van der Waals surface area contributed by atoms with Crippen LogP contribution in [-0.2, 0) is 38.6 Å². The van der Waals surface area contributed by atoms with Gasteiger partial charge in [0, 0.05) is 25.8 Å². The quantitative estimate of drug-likeness (QED) is 0.0934. The van der Waals surface area contributed by atoms with E-state index in [4.69, 9.17) is 10.1 Å². The molecule has 0 N–H and O–H groups in total. The molecule has 0 radical (unpaired) electrons. The van der Waals surface area contributed by atoms with Gasteiger partial charge >= 0.3 is 22.4 Å². The molecular formula is C54H48AuN5S2. The summed E-state index contributed by atoms with van der Waals surface area (Å²) in [5.41, 5.74) is 9.37. The smallest absolute Gasteiger partial charge is 0.437 e. The van der Waals surface area contributed by atoms with Gasteiger partial charge in [0.2, 0.25) is 0 Å². The van der Waals surface area contributed by atoms with E-state index in [1.807, 2.05) is 18.0 Å². The maximum atomic E-state index is 5.93. The Morgan fingerprint density at radius 1 is 0.516 bits per heavy atom. The fraction of sp³-hybridized carbons (Fsp3) is 0.167. The second kappa shape index (κ2) is 16.8. The molecule has 8 heteroatoms. The van der Waals surface area contributed by atoms with Crippen LogP contribution in [0.4, 0.5) is 34.4 Å². The number of nitrogens with zero attached hydrogens (tertiary/aromatic N) is 5. The molecule has 62 heavy (non-hydrogen) atoms. The number of benzene rings is 6. The number of fused-ring (bicyclic) bond motifs is 4. The summed E-state index contributed by atoms with van der Waals surface area (Å²) < 4.78 is 0. The summed E-state index contributed by atoms with van der Waals surface area (Å²) >= 11 is 3.52. The van der Waals surface area contributed by atoms with Crippen LogP contribution in [0.3, 0.4) is 0 Å². The van der Waals surface area contributed by atoms with E-state index in [0.29, 0.717) is 0 Å². The van der Waals surface area contributed by atoms with Crippen LogP contribution >= 0.6 is 23.5 Å². The average Bonchev–Trinajstić information content (AvgIpc) is 3.73. The van der Waals surface area contributed by atoms with Gasteiger partial charge in [-0.2, -0.15) is 29.4 Å². The van der Waals surface area contributed by atoms with Gasteiger partial charge in [-0.15, -0.1) is 5.56 Å². The minimum atomic E-state index is -0.914. The van der Waals surface area contributed by atoms with Gasteiger partial charge in [0.1, 0.15) is 5.82 Å². The average molecular weight is 1030 g/mol. The van der Waals surface area contributed by atoms with Crippen molar-refractivity contribution in [2.75, 3.05) is 9.80 Å². The predicted octanol–water partition coefficient (Wildman–Crippen LogP) is 14.5. The van der Waals surface area contributed by atoms with Crippen LogP contribution in [0.15, 0.2) is 184 Å². The molecule has 0 saturated heterocycles. The molecule has 0 aliphatic carbocycles. The zero-order chi connectivity index (χ0) is 41.2. The fourth-order valence-electron chi connectivity index (χ4n) is 8.48. The summed E-state index contributed by atoms with van der Waals surface area (Å²) in [5, 5.41) is 9.15. The standard InChI is InChI=1S/C53H45N5S2.CH3.Au/c1-51(2,3)37-29-39(31-40(30-37)57-41-23-13-16-26-44(41)60-47-34-54-56-50(47)57)53(35-19-9-7-10-20-35,36-21-11-8-12-22-36)48-32-38(52(4,5)6)33-49(55-48)58-42-24-14-17-27-45(42)59-46-28-18-15-25-43(46)58;;/h7-30,32-34H,1-6H3;1H3;/q-2;-1;+3. The number of para-hydroxylation sites is 3. The molecule has 0 amide bonds. The van der Waals surface area contributed by atoms with Gasteiger partial charge in [-0.3, -0.25) is 10.00 Å². The molecule has 2 aliphatic rings. The zero-order valence-electron chi connectivity index (χ0n) is 35.9. The van der Waals surface area contributed by atoms with Crippen molar-refractivity contribution in [3.8, 4) is 0 Å². The van der Waals surface area contributed by atoms with E-state index in [0.717, 1.165) is 66.6 Å². The monoisotopic (exact) mass is 1030 g/mol. The molecule has 0 spiro atoms. The van der Waals surface area contributed by atoms with Crippen molar-refractivity contribution in [1.29, 1.82) is 0 Å². The summed E-state index contributed by atoms with van der Waals surface area (Å²) in [4.78, 5) is 15.1. The van der Waals surface area contributed by atoms with Gasteiger partial charge in [-0.25, -0.2) is 4.98 Å². The van der Waals surface area contributed by atoms with Gasteiger partial charge in [-0.1, -0.05) is 168 Å². The third-order valence-corrected chi connectivity index (χ3v) is 13.8. The Balaban J connectivity index is 0.00000264. The van der Waals surface area contributed by atoms with E-state index in [-0.39, 0.29) is 40.6 Å². The van der Waals surface area contributed by atoms with Crippen LogP contribution in [-0.4, -0.2) is 10.1 Å². The molecule has 312 valence electrons. The molecule has 6 aromatic carbocycles. The van der Waals surface area contributed by atoms with Crippen LogP contribution in [0.2, 0.25) is 0 Å². The third kappa shape index (κ3) is 7.44. The van der Waals surface area contributed by atoms with Gasteiger partial charge < -0.3 is 17.4 Å². The van der Waals surface area contributed by atoms with E-state index in [1.165, 1.54) is 20.9 Å². The van der Waals surface area contributed by atoms with E-state index in [1.54, 1.807) is 11.8 Å². The van der Waals surface area contributed by atoms with Crippen LogP contribution < -0.4 is 14.9 Å². The van der Waals surface area contributed by atoms with Crippen molar-refractivity contribution in [2.45, 2.75) is 77.4 Å². The van der Waals surface area contributed by atoms with Crippen LogP contribution in [0.25, 0.3) is 0 Å². The van der Waals surface area contributed by atoms with Crippen molar-refractivity contribution in [3.05, 3.63) is 211 Å². The minimum Gasteiger partial charge on any atom is -0.437 e. The number of pyridine rings is 1. The fourth-order valence-corrected chi connectivity index (χ4v) is 10.5. The summed E-state index contributed by atoms with van der Waals surface area (Å²) in [6, 6.07) is 61.1. The molecule has 0 saturated carbocycles. The molecule has 0 fully saturated rings. The normalized spacial score (nSPS) is 13.2. The Morgan fingerprint density at radius 2 is 0.984 bits per heavy atom. The molecule has 0 atom stereocenters. The number of hydrogen-bond donors (Lipinski definition) is 0. The summed E-state index contributed by atoms with van der Waals surface area (Å²) in [7, 11) is 0. The Bertz CT molecular complexity index is 2790. The van der Waals surface area contributed by atoms with Gasteiger partial charge in [0.25, 0.3) is 0 Å². The number of anilines is 6. The molecule has 4 heterocycles. The molecule has 10 rings (SSSR count). The summed E-state index contributed by atoms with van der Waals surface area (Å²) in [5.74, 6) is 1.69. The second-order valence-electron chi connectivity index (χ2n) is 17.6. The SMILES string of the molecule is CC(C)(C)c1cc(N2c3ccccc3Sc3cn[n-]c32)[c-]c(C(c2ccccc2)(c2ccccc2)c2cc(C(C)(C)C)cc(N3c4ccccc4Sc4ccccc43)n2)c1.[Au+3].[CH3-]. The van der Waals surface area contributed by atoms with Crippen LogP contribution in [0, 0.1) is 13.5 Å². The molecular weight excluding hydrogens is 980 g/mol. The Morgan fingerprint density at radius 3 is 1.52 bits per heavy atom. The maximum absolute atomic E-state index is 5.93. The molecule has 5 nitrogen and oxygen atoms in total. The van der Waals surface area contributed by atoms with E-state index >= 15 is 0 Å². The molecule has 2 aromatic heterocycles. The van der Waals surface area contributed by atoms with Crippen LogP contribution in [0.5, 0.6) is 0 Å². The zero-order valence-corrected chi connectivity index (χ0v) is 39.7. The Hall–Kier alpha value is -5.28. The van der Waals surface area contributed by atoms with Crippen molar-refractivity contribution < 1.29 is 22.4 Å². The Kier molecular flexibility index (Phi) is 11.7. The molecule has 2 aliphatic heterocycles. The first-order chi connectivity index (χ1) is 29.0. The first-order valence-electron chi connectivity index (χ1n) is 20.4. The number of hydrogen-bond acceptors (Lipinski definition) is 6. The summed E-state index contributed by atoms with van der Waals surface area (Å²) in [6.07, 6.45) is 1.87. The molecule has 0 bridgehead atoms. The van der Waals surface area contributed by atoms with Gasteiger partial charge in [0.15, 0.2) is 0 Å². The number of aromatic nitrogens is 3. The molecule has 0 unspecified atom stereocenters. The number of rotatable bonds is 6. The first-order valence-corrected chi connectivity index (χ1v) is 22.1. The van der Waals surface area contributed by atoms with E-state index in [2.05, 4.69) is 220 Å². The van der Waals surface area contributed by atoms with Crippen molar-refractivity contribution >= 4 is 57.9 Å². The van der Waals surface area contributed by atoms with Crippen molar-refractivity contribution in [3.63, 3.8) is 0 Å². The molecule has 8 aromatic rings. The van der Waals surface area contributed by atoms with Gasteiger partial charge in [-0.05, 0) is 81.5 Å². The largest absolute Gasteiger partial charge is 3.00 e. The van der Waals surface area contributed by atoms with E-state index < -0.39 is 5.41 Å². The van der Waals surface area contributed by atoms with Gasteiger partial charge in [0.05, 0.1) is 22.5 Å². The minimum absolute atomic E-state index is 0. The first kappa shape index (κ1) is 43.4. The maximum Gasteiger partial charge on any atom is 3.00 e. The predicted molar refractivity (Wildman–Crippen MR) is 254 cm³/mol.